The Balaban J connectivity index is 2.04. The van der Waals surface area contributed by atoms with Gasteiger partial charge in [0.1, 0.15) is 0 Å². The Hall–Kier alpha value is -1.03. The van der Waals surface area contributed by atoms with Crippen LogP contribution in [0.2, 0.25) is 10.0 Å². The van der Waals surface area contributed by atoms with E-state index in [0.29, 0.717) is 29.6 Å². The highest BCUT2D eigenvalue weighted by Gasteiger charge is 2.22. The topological polar surface area (TPSA) is 40.5 Å². The van der Waals surface area contributed by atoms with Crippen molar-refractivity contribution in [3.8, 4) is 0 Å². The van der Waals surface area contributed by atoms with Crippen molar-refractivity contribution in [3.05, 3.63) is 39.9 Å². The minimum absolute atomic E-state index is 0.109. The molecular weight excluding hydrogens is 273 g/mol. The fourth-order valence-electron chi connectivity index (χ4n) is 1.89. The van der Waals surface area contributed by atoms with Crippen molar-refractivity contribution < 1.29 is 9.90 Å². The second kappa shape index (κ2) is 5.74. The summed E-state index contributed by atoms with van der Waals surface area (Å²) in [6.07, 6.45) is 3.39. The molecule has 1 aliphatic rings. The van der Waals surface area contributed by atoms with Crippen LogP contribution in [0.25, 0.3) is 6.08 Å². The molecule has 1 aromatic carbocycles. The molecule has 0 bridgehead atoms. The standard InChI is InChI=1S/C13H13Cl2NO2/c14-10-5-9(6-11(15)7-10)1-2-13(18)16-4-3-12(17)8-16/h1-2,5-7,12,17H,3-4,8H2/b2-1+. The normalized spacial score (nSPS) is 19.7. The smallest absolute Gasteiger partial charge is 0.246 e. The molecule has 0 aliphatic carbocycles. The number of rotatable bonds is 2. The number of hydrogen-bond donors (Lipinski definition) is 1. The van der Waals surface area contributed by atoms with E-state index in [-0.39, 0.29) is 5.91 Å². The number of likely N-dealkylation sites (tertiary alicyclic amines) is 1. The maximum absolute atomic E-state index is 11.8. The minimum Gasteiger partial charge on any atom is -0.391 e. The predicted molar refractivity (Wildman–Crippen MR) is 72.7 cm³/mol. The summed E-state index contributed by atoms with van der Waals surface area (Å²) in [6, 6.07) is 5.10. The molecule has 1 N–H and O–H groups in total. The molecule has 96 valence electrons. The van der Waals surface area contributed by atoms with Gasteiger partial charge >= 0.3 is 0 Å². The van der Waals surface area contributed by atoms with E-state index in [4.69, 9.17) is 23.2 Å². The largest absolute Gasteiger partial charge is 0.391 e. The quantitative estimate of drug-likeness (QED) is 0.849. The van der Waals surface area contributed by atoms with Crippen molar-refractivity contribution in [1.29, 1.82) is 0 Å². The van der Waals surface area contributed by atoms with Gasteiger partial charge in [-0.3, -0.25) is 4.79 Å². The zero-order valence-electron chi connectivity index (χ0n) is 9.64. The molecule has 2 rings (SSSR count). The molecule has 1 fully saturated rings. The van der Waals surface area contributed by atoms with E-state index in [9.17, 15) is 9.90 Å². The number of carbonyl (C=O) groups is 1. The first-order valence-electron chi connectivity index (χ1n) is 5.66. The van der Waals surface area contributed by atoms with E-state index in [0.717, 1.165) is 5.56 Å². The SMILES string of the molecule is O=C(/C=C/c1cc(Cl)cc(Cl)c1)N1CCC(O)C1. The van der Waals surface area contributed by atoms with E-state index in [2.05, 4.69) is 0 Å². The van der Waals surface area contributed by atoms with Crippen LogP contribution < -0.4 is 0 Å². The maximum atomic E-state index is 11.8. The number of aliphatic hydroxyl groups excluding tert-OH is 1. The molecule has 18 heavy (non-hydrogen) atoms. The van der Waals surface area contributed by atoms with Crippen LogP contribution in [-0.4, -0.2) is 35.1 Å². The molecule has 1 aromatic rings. The maximum Gasteiger partial charge on any atom is 0.246 e. The van der Waals surface area contributed by atoms with Crippen LogP contribution in [0.4, 0.5) is 0 Å². The highest BCUT2D eigenvalue weighted by atomic mass is 35.5. The van der Waals surface area contributed by atoms with Gasteiger partial charge in [-0.1, -0.05) is 23.2 Å². The van der Waals surface area contributed by atoms with Crippen LogP contribution >= 0.6 is 23.2 Å². The van der Waals surface area contributed by atoms with Crippen molar-refractivity contribution in [2.75, 3.05) is 13.1 Å². The summed E-state index contributed by atoms with van der Waals surface area (Å²) in [4.78, 5) is 13.4. The third-order valence-corrected chi connectivity index (χ3v) is 3.21. The highest BCUT2D eigenvalue weighted by molar-refractivity contribution is 6.34. The van der Waals surface area contributed by atoms with Crippen LogP contribution in [0.15, 0.2) is 24.3 Å². The Bertz CT molecular complexity index is 468. The first kappa shape index (κ1) is 13.4. The van der Waals surface area contributed by atoms with Crippen LogP contribution in [-0.2, 0) is 4.79 Å². The predicted octanol–water partition coefficient (Wildman–Crippen LogP) is 2.60. The number of aliphatic hydroxyl groups is 1. The average Bonchev–Trinajstić information content (AvgIpc) is 2.71. The first-order valence-corrected chi connectivity index (χ1v) is 6.41. The van der Waals surface area contributed by atoms with Gasteiger partial charge in [0, 0.05) is 29.2 Å². The summed E-state index contributed by atoms with van der Waals surface area (Å²) in [5, 5.41) is 10.4. The average molecular weight is 286 g/mol. The summed E-state index contributed by atoms with van der Waals surface area (Å²) in [6.45, 7) is 1.00. The second-order valence-corrected chi connectivity index (χ2v) is 5.14. The Morgan fingerprint density at radius 3 is 2.56 bits per heavy atom. The second-order valence-electron chi connectivity index (χ2n) is 4.26. The van der Waals surface area contributed by atoms with Crippen molar-refractivity contribution in [1.82, 2.24) is 4.90 Å². The van der Waals surface area contributed by atoms with Gasteiger partial charge in [0.25, 0.3) is 0 Å². The Kier molecular flexibility index (Phi) is 4.27. The lowest BCUT2D eigenvalue weighted by Gasteiger charge is -2.12. The van der Waals surface area contributed by atoms with Crippen molar-refractivity contribution in [2.45, 2.75) is 12.5 Å². The van der Waals surface area contributed by atoms with Gasteiger partial charge in [-0.15, -0.1) is 0 Å². The number of halogens is 2. The van der Waals surface area contributed by atoms with E-state index in [1.165, 1.54) is 6.08 Å². The summed E-state index contributed by atoms with van der Waals surface area (Å²) in [7, 11) is 0. The Morgan fingerprint density at radius 2 is 2.00 bits per heavy atom. The summed E-state index contributed by atoms with van der Waals surface area (Å²) >= 11 is 11.7. The van der Waals surface area contributed by atoms with Gasteiger partial charge in [0.05, 0.1) is 6.10 Å². The molecule has 1 atom stereocenters. The molecular formula is C13H13Cl2NO2. The molecule has 1 aliphatic heterocycles. The molecule has 1 unspecified atom stereocenters. The zero-order chi connectivity index (χ0) is 13.1. The van der Waals surface area contributed by atoms with Crippen molar-refractivity contribution >= 4 is 35.2 Å². The summed E-state index contributed by atoms with van der Waals surface area (Å²) in [5.74, 6) is -0.109. The summed E-state index contributed by atoms with van der Waals surface area (Å²) in [5.41, 5.74) is 0.778. The van der Waals surface area contributed by atoms with Crippen LogP contribution in [0.5, 0.6) is 0 Å². The number of amides is 1. The fraction of sp³-hybridized carbons (Fsp3) is 0.308. The molecule has 0 spiro atoms. The Morgan fingerprint density at radius 1 is 1.33 bits per heavy atom. The van der Waals surface area contributed by atoms with Crippen LogP contribution in [0, 0.1) is 0 Å². The lowest BCUT2D eigenvalue weighted by atomic mass is 10.2. The van der Waals surface area contributed by atoms with Crippen molar-refractivity contribution in [2.24, 2.45) is 0 Å². The van der Waals surface area contributed by atoms with Gasteiger partial charge in [0.2, 0.25) is 5.91 Å². The number of nitrogens with zero attached hydrogens (tertiary/aromatic N) is 1. The molecule has 0 radical (unpaired) electrons. The highest BCUT2D eigenvalue weighted by Crippen LogP contribution is 2.20. The van der Waals surface area contributed by atoms with Crippen molar-refractivity contribution in [3.63, 3.8) is 0 Å². The van der Waals surface area contributed by atoms with E-state index in [1.54, 1.807) is 29.2 Å². The van der Waals surface area contributed by atoms with E-state index >= 15 is 0 Å². The lowest BCUT2D eigenvalue weighted by Crippen LogP contribution is -2.27. The lowest BCUT2D eigenvalue weighted by molar-refractivity contribution is -0.125. The van der Waals surface area contributed by atoms with Crippen LogP contribution in [0.1, 0.15) is 12.0 Å². The summed E-state index contributed by atoms with van der Waals surface area (Å²) < 4.78 is 0. The molecule has 1 amide bonds. The third-order valence-electron chi connectivity index (χ3n) is 2.78. The third kappa shape index (κ3) is 3.48. The fourth-order valence-corrected chi connectivity index (χ4v) is 2.43. The first-order chi connectivity index (χ1) is 8.54. The van der Waals surface area contributed by atoms with Gasteiger partial charge < -0.3 is 10.0 Å². The van der Waals surface area contributed by atoms with Gasteiger partial charge in [-0.2, -0.15) is 0 Å². The van der Waals surface area contributed by atoms with Crippen LogP contribution in [0.3, 0.4) is 0 Å². The van der Waals surface area contributed by atoms with E-state index < -0.39 is 6.10 Å². The van der Waals surface area contributed by atoms with Gasteiger partial charge in [-0.05, 0) is 36.3 Å². The minimum atomic E-state index is -0.400. The molecule has 0 aromatic heterocycles. The molecule has 1 saturated heterocycles. The number of benzene rings is 1. The molecule has 0 saturated carbocycles. The molecule has 5 heteroatoms. The Labute approximate surface area is 116 Å². The van der Waals surface area contributed by atoms with Gasteiger partial charge in [-0.25, -0.2) is 0 Å². The van der Waals surface area contributed by atoms with Gasteiger partial charge in [0.15, 0.2) is 0 Å². The molecule has 3 nitrogen and oxygen atoms in total. The monoisotopic (exact) mass is 285 g/mol. The number of carbonyl (C=O) groups excluding carboxylic acids is 1. The van der Waals surface area contributed by atoms with E-state index in [1.807, 2.05) is 0 Å². The molecule has 1 heterocycles. The number of hydrogen-bond acceptors (Lipinski definition) is 2. The number of β-amino-alcohol motifs (C(OH)–C–C–N with tert-alkyl or cyclic N) is 1. The zero-order valence-corrected chi connectivity index (χ0v) is 11.2.